The number of aliphatic hydroxyl groups excluding tert-OH is 1. The molecule has 0 aliphatic carbocycles. The minimum atomic E-state index is -0.0332. The van der Waals surface area contributed by atoms with E-state index in [4.69, 9.17) is 17.3 Å². The van der Waals surface area contributed by atoms with E-state index in [0.717, 1.165) is 31.2 Å². The van der Waals surface area contributed by atoms with E-state index in [1.165, 1.54) is 0 Å². The van der Waals surface area contributed by atoms with E-state index in [-0.39, 0.29) is 17.8 Å². The molecule has 92 valence electrons. The van der Waals surface area contributed by atoms with Crippen LogP contribution in [0.2, 0.25) is 0 Å². The van der Waals surface area contributed by atoms with Gasteiger partial charge in [0.1, 0.15) is 0 Å². The fourth-order valence-electron chi connectivity index (χ4n) is 3.11. The molecule has 0 radical (unpaired) electrons. The molecule has 0 aromatic rings. The van der Waals surface area contributed by atoms with E-state index < -0.39 is 0 Å². The molecule has 2 aliphatic rings. The Bertz CT molecular complexity index is 308. The molecule has 0 bridgehead atoms. The van der Waals surface area contributed by atoms with Crippen LogP contribution in [0.3, 0.4) is 0 Å². The second-order valence-corrected chi connectivity index (χ2v) is 5.96. The molecule has 5 heteroatoms. The second kappa shape index (κ2) is 3.82. The van der Waals surface area contributed by atoms with E-state index in [1.807, 2.05) is 0 Å². The molecule has 16 heavy (non-hydrogen) atoms. The SMILES string of the molecule is CC1(C)C[C@@]2(C)N(CCO)CCN2C(=S)N1. The number of fused-ring (bicyclic) bond motifs is 1. The van der Waals surface area contributed by atoms with Gasteiger partial charge in [0.15, 0.2) is 5.11 Å². The van der Waals surface area contributed by atoms with Crippen LogP contribution >= 0.6 is 12.2 Å². The molecule has 0 unspecified atom stereocenters. The molecule has 4 nitrogen and oxygen atoms in total. The maximum absolute atomic E-state index is 9.12. The van der Waals surface area contributed by atoms with Gasteiger partial charge < -0.3 is 15.3 Å². The van der Waals surface area contributed by atoms with Crippen LogP contribution in [0.1, 0.15) is 27.2 Å². The van der Waals surface area contributed by atoms with Gasteiger partial charge in [-0.1, -0.05) is 0 Å². The van der Waals surface area contributed by atoms with E-state index >= 15 is 0 Å². The van der Waals surface area contributed by atoms with Crippen molar-refractivity contribution in [3.8, 4) is 0 Å². The van der Waals surface area contributed by atoms with Crippen molar-refractivity contribution in [2.75, 3.05) is 26.2 Å². The highest BCUT2D eigenvalue weighted by Crippen LogP contribution is 2.37. The van der Waals surface area contributed by atoms with Crippen LogP contribution in [0.4, 0.5) is 0 Å². The van der Waals surface area contributed by atoms with Crippen molar-refractivity contribution < 1.29 is 5.11 Å². The molecule has 2 aliphatic heterocycles. The van der Waals surface area contributed by atoms with Gasteiger partial charge in [-0.25, -0.2) is 0 Å². The summed E-state index contributed by atoms with van der Waals surface area (Å²) < 4.78 is 0. The Labute approximate surface area is 103 Å². The third-order valence-corrected chi connectivity index (χ3v) is 4.02. The zero-order valence-corrected chi connectivity index (χ0v) is 11.1. The zero-order valence-electron chi connectivity index (χ0n) is 10.3. The van der Waals surface area contributed by atoms with Crippen LogP contribution in [0.5, 0.6) is 0 Å². The second-order valence-electron chi connectivity index (χ2n) is 5.57. The van der Waals surface area contributed by atoms with Gasteiger partial charge in [0, 0.05) is 31.6 Å². The highest BCUT2D eigenvalue weighted by molar-refractivity contribution is 7.80. The molecule has 0 aromatic carbocycles. The normalized spacial score (nSPS) is 33.8. The van der Waals surface area contributed by atoms with Crippen molar-refractivity contribution in [2.45, 2.75) is 38.4 Å². The summed E-state index contributed by atoms with van der Waals surface area (Å²) in [5.74, 6) is 0. The first-order valence-corrected chi connectivity index (χ1v) is 6.26. The molecule has 2 N–H and O–H groups in total. The molecule has 0 amide bonds. The number of hydrogen-bond donors (Lipinski definition) is 2. The predicted octanol–water partition coefficient (Wildman–Crippen LogP) is 0.369. The summed E-state index contributed by atoms with van der Waals surface area (Å²) in [6.45, 7) is 9.46. The van der Waals surface area contributed by atoms with Gasteiger partial charge in [-0.15, -0.1) is 0 Å². The molecule has 2 heterocycles. The van der Waals surface area contributed by atoms with Crippen LogP contribution in [-0.4, -0.2) is 57.5 Å². The van der Waals surface area contributed by atoms with Crippen LogP contribution in [0.25, 0.3) is 0 Å². The summed E-state index contributed by atoms with van der Waals surface area (Å²) in [4.78, 5) is 4.59. The maximum Gasteiger partial charge on any atom is 0.170 e. The Kier molecular flexibility index (Phi) is 2.88. The lowest BCUT2D eigenvalue weighted by molar-refractivity contribution is 0.0149. The van der Waals surface area contributed by atoms with E-state index in [1.54, 1.807) is 0 Å². The lowest BCUT2D eigenvalue weighted by Crippen LogP contribution is -2.67. The number of β-amino-alcohol motifs (C(OH)–C–C–N with tert-alkyl or cyclic N) is 1. The van der Waals surface area contributed by atoms with Gasteiger partial charge in [0.05, 0.1) is 12.3 Å². The number of rotatable bonds is 2. The average molecular weight is 243 g/mol. The zero-order chi connectivity index (χ0) is 12.0. The van der Waals surface area contributed by atoms with Gasteiger partial charge in [-0.2, -0.15) is 0 Å². The van der Waals surface area contributed by atoms with Crippen molar-refractivity contribution in [1.82, 2.24) is 15.1 Å². The minimum absolute atomic E-state index is 0.0282. The number of nitrogens with one attached hydrogen (secondary N) is 1. The third-order valence-electron chi connectivity index (χ3n) is 3.69. The van der Waals surface area contributed by atoms with Crippen LogP contribution in [0, 0.1) is 0 Å². The quantitative estimate of drug-likeness (QED) is 0.686. The summed E-state index contributed by atoms with van der Waals surface area (Å²) in [6.07, 6.45) is 1.01. The lowest BCUT2D eigenvalue weighted by atomic mass is 9.88. The number of hydrogen-bond acceptors (Lipinski definition) is 3. The van der Waals surface area contributed by atoms with Gasteiger partial charge >= 0.3 is 0 Å². The van der Waals surface area contributed by atoms with Crippen molar-refractivity contribution in [2.24, 2.45) is 0 Å². The van der Waals surface area contributed by atoms with Gasteiger partial charge in [0.2, 0.25) is 0 Å². The average Bonchev–Trinajstić information content (AvgIpc) is 2.41. The van der Waals surface area contributed by atoms with Crippen LogP contribution in [-0.2, 0) is 0 Å². The van der Waals surface area contributed by atoms with E-state index in [2.05, 4.69) is 35.9 Å². The van der Waals surface area contributed by atoms with Gasteiger partial charge in [-0.05, 0) is 33.0 Å². The highest BCUT2D eigenvalue weighted by atomic mass is 32.1. The number of thiocarbonyl (C=S) groups is 1. The van der Waals surface area contributed by atoms with Crippen LogP contribution in [0.15, 0.2) is 0 Å². The largest absolute Gasteiger partial charge is 0.395 e. The third kappa shape index (κ3) is 1.81. The lowest BCUT2D eigenvalue weighted by Gasteiger charge is -2.51. The summed E-state index contributed by atoms with van der Waals surface area (Å²) in [7, 11) is 0. The summed E-state index contributed by atoms with van der Waals surface area (Å²) in [5.41, 5.74) is -0.00502. The molecule has 2 saturated heterocycles. The smallest absolute Gasteiger partial charge is 0.170 e. The summed E-state index contributed by atoms with van der Waals surface area (Å²) >= 11 is 5.43. The molecular weight excluding hydrogens is 222 g/mol. The topological polar surface area (TPSA) is 38.7 Å². The van der Waals surface area contributed by atoms with Gasteiger partial charge in [0.25, 0.3) is 0 Å². The molecule has 2 fully saturated rings. The van der Waals surface area contributed by atoms with Crippen molar-refractivity contribution in [1.29, 1.82) is 0 Å². The van der Waals surface area contributed by atoms with Gasteiger partial charge in [-0.3, -0.25) is 4.90 Å². The van der Waals surface area contributed by atoms with E-state index in [0.29, 0.717) is 0 Å². The number of aliphatic hydroxyl groups is 1. The first-order chi connectivity index (χ1) is 7.39. The summed E-state index contributed by atoms with van der Waals surface area (Å²) in [5, 5.41) is 13.3. The molecule has 0 aromatic heterocycles. The fourth-order valence-corrected chi connectivity index (χ4v) is 3.68. The highest BCUT2D eigenvalue weighted by Gasteiger charge is 2.50. The Morgan fingerprint density at radius 2 is 2.06 bits per heavy atom. The molecule has 1 atom stereocenters. The predicted molar refractivity (Wildman–Crippen MR) is 68.2 cm³/mol. The van der Waals surface area contributed by atoms with E-state index in [9.17, 15) is 0 Å². The Hall–Kier alpha value is -0.390. The van der Waals surface area contributed by atoms with Crippen LogP contribution < -0.4 is 5.32 Å². The fraction of sp³-hybridized carbons (Fsp3) is 0.909. The maximum atomic E-state index is 9.12. The Morgan fingerprint density at radius 3 is 2.69 bits per heavy atom. The van der Waals surface area contributed by atoms with Crippen molar-refractivity contribution >= 4 is 17.3 Å². The molecule has 0 saturated carbocycles. The first-order valence-electron chi connectivity index (χ1n) is 5.85. The first kappa shape index (κ1) is 12.1. The molecular formula is C11H21N3OS. The summed E-state index contributed by atoms with van der Waals surface area (Å²) in [6, 6.07) is 0. The Balaban J connectivity index is 2.25. The standard InChI is InChI=1S/C11H21N3OS/c1-10(2)8-11(3)13(6-7-15)4-5-14(11)9(16)12-10/h15H,4-8H2,1-3H3,(H,12,16)/t11-/m0/s1. The Morgan fingerprint density at radius 1 is 1.38 bits per heavy atom. The van der Waals surface area contributed by atoms with Crippen molar-refractivity contribution in [3.05, 3.63) is 0 Å². The van der Waals surface area contributed by atoms with Crippen molar-refractivity contribution in [3.63, 3.8) is 0 Å². The molecule has 2 rings (SSSR count). The minimum Gasteiger partial charge on any atom is -0.395 e. The monoisotopic (exact) mass is 243 g/mol. The molecule has 0 spiro atoms. The number of nitrogens with zero attached hydrogens (tertiary/aromatic N) is 2.